The second-order valence-corrected chi connectivity index (χ2v) is 4.01. The Hall–Kier alpha value is -2.24. The predicted octanol–water partition coefficient (Wildman–Crippen LogP) is 2.07. The summed E-state index contributed by atoms with van der Waals surface area (Å²) in [5.41, 5.74) is 0.539. The van der Waals surface area contributed by atoms with Gasteiger partial charge in [-0.1, -0.05) is 19.4 Å². The van der Waals surface area contributed by atoms with E-state index in [4.69, 9.17) is 9.84 Å². The summed E-state index contributed by atoms with van der Waals surface area (Å²) >= 11 is 0. The van der Waals surface area contributed by atoms with Crippen LogP contribution in [0.2, 0.25) is 0 Å². The Kier molecular flexibility index (Phi) is 5.66. The number of anilines is 1. The maximum absolute atomic E-state index is 11.7. The van der Waals surface area contributed by atoms with E-state index >= 15 is 0 Å². The van der Waals surface area contributed by atoms with E-state index in [1.807, 2.05) is 6.92 Å². The number of nitrogens with one attached hydrogen (secondary N) is 2. The molecule has 104 valence electrons. The number of rotatable bonds is 6. The third-order valence-corrected chi connectivity index (χ3v) is 2.51. The predicted molar refractivity (Wildman–Crippen MR) is 71.5 cm³/mol. The number of carboxylic acid groups (broad SMARTS) is 1. The summed E-state index contributed by atoms with van der Waals surface area (Å²) in [4.78, 5) is 22.6. The molecule has 1 rings (SSSR count). The van der Waals surface area contributed by atoms with Gasteiger partial charge in [0.1, 0.15) is 11.8 Å². The first-order valence-electron chi connectivity index (χ1n) is 6.01. The number of carboxylic acids is 1. The molecular weight excluding hydrogens is 248 g/mol. The van der Waals surface area contributed by atoms with Crippen molar-refractivity contribution in [1.82, 2.24) is 5.32 Å². The highest BCUT2D eigenvalue weighted by Gasteiger charge is 2.18. The van der Waals surface area contributed by atoms with Crippen molar-refractivity contribution in [3.8, 4) is 5.75 Å². The molecule has 0 saturated heterocycles. The molecule has 0 spiro atoms. The fourth-order valence-electron chi connectivity index (χ4n) is 1.57. The number of carbonyl (C=O) groups is 2. The van der Waals surface area contributed by atoms with Crippen LogP contribution in [-0.4, -0.2) is 30.3 Å². The lowest BCUT2D eigenvalue weighted by atomic mass is 10.2. The van der Waals surface area contributed by atoms with Crippen molar-refractivity contribution in [2.75, 3.05) is 12.4 Å². The van der Waals surface area contributed by atoms with Crippen LogP contribution in [0.1, 0.15) is 19.8 Å². The van der Waals surface area contributed by atoms with E-state index in [0.717, 1.165) is 0 Å². The molecular formula is C13H18N2O4. The minimum atomic E-state index is -1.04. The van der Waals surface area contributed by atoms with Crippen LogP contribution in [0.5, 0.6) is 5.75 Å². The Morgan fingerprint density at radius 1 is 1.42 bits per heavy atom. The second kappa shape index (κ2) is 7.25. The van der Waals surface area contributed by atoms with Crippen LogP contribution in [0.4, 0.5) is 10.5 Å². The Labute approximate surface area is 111 Å². The van der Waals surface area contributed by atoms with E-state index in [2.05, 4.69) is 10.6 Å². The number of aliphatic carboxylic acids is 1. The summed E-state index contributed by atoms with van der Waals surface area (Å²) in [6, 6.07) is 5.40. The van der Waals surface area contributed by atoms with Gasteiger partial charge in [0.05, 0.1) is 7.11 Å². The Morgan fingerprint density at radius 2 is 2.16 bits per heavy atom. The van der Waals surface area contributed by atoms with Crippen molar-refractivity contribution in [2.24, 2.45) is 0 Å². The van der Waals surface area contributed by atoms with Gasteiger partial charge in [0.15, 0.2) is 0 Å². The quantitative estimate of drug-likeness (QED) is 0.735. The molecule has 0 aromatic heterocycles. The smallest absolute Gasteiger partial charge is 0.326 e. The number of carbonyl (C=O) groups excluding carboxylic acids is 1. The highest BCUT2D eigenvalue weighted by Crippen LogP contribution is 2.16. The summed E-state index contributed by atoms with van der Waals surface area (Å²) in [6.45, 7) is 1.86. The molecule has 0 aliphatic carbocycles. The first-order chi connectivity index (χ1) is 9.06. The van der Waals surface area contributed by atoms with Crippen molar-refractivity contribution in [3.05, 3.63) is 24.3 Å². The monoisotopic (exact) mass is 266 g/mol. The SMILES string of the molecule is CCC[C@H](NC(=O)Nc1cccc(OC)c1)C(=O)O. The Bertz CT molecular complexity index is 448. The fourth-order valence-corrected chi connectivity index (χ4v) is 1.57. The number of amides is 2. The van der Waals surface area contributed by atoms with Gasteiger partial charge >= 0.3 is 12.0 Å². The summed E-state index contributed by atoms with van der Waals surface area (Å²) in [6.07, 6.45) is 1.07. The van der Waals surface area contributed by atoms with E-state index in [9.17, 15) is 9.59 Å². The molecule has 0 radical (unpaired) electrons. The molecule has 1 aromatic carbocycles. The lowest BCUT2D eigenvalue weighted by molar-refractivity contribution is -0.139. The number of hydrogen-bond acceptors (Lipinski definition) is 3. The van der Waals surface area contributed by atoms with E-state index < -0.39 is 18.0 Å². The van der Waals surface area contributed by atoms with E-state index in [1.165, 1.54) is 7.11 Å². The molecule has 0 bridgehead atoms. The lowest BCUT2D eigenvalue weighted by Crippen LogP contribution is -2.42. The maximum atomic E-state index is 11.7. The molecule has 0 saturated carbocycles. The molecule has 0 aliphatic heterocycles. The van der Waals surface area contributed by atoms with Gasteiger partial charge in [0.2, 0.25) is 0 Å². The van der Waals surface area contributed by atoms with Crippen LogP contribution in [-0.2, 0) is 4.79 Å². The van der Waals surface area contributed by atoms with Crippen molar-refractivity contribution in [2.45, 2.75) is 25.8 Å². The summed E-state index contributed by atoms with van der Waals surface area (Å²) in [5, 5.41) is 13.9. The van der Waals surface area contributed by atoms with Crippen molar-refractivity contribution < 1.29 is 19.4 Å². The van der Waals surface area contributed by atoms with Crippen molar-refractivity contribution >= 4 is 17.7 Å². The second-order valence-electron chi connectivity index (χ2n) is 4.01. The molecule has 1 aromatic rings. The van der Waals surface area contributed by atoms with Crippen molar-refractivity contribution in [3.63, 3.8) is 0 Å². The summed E-state index contributed by atoms with van der Waals surface area (Å²) in [5.74, 6) is -0.427. The maximum Gasteiger partial charge on any atom is 0.326 e. The van der Waals surface area contributed by atoms with Gasteiger partial charge in [-0.2, -0.15) is 0 Å². The van der Waals surface area contributed by atoms with Crippen LogP contribution in [0.15, 0.2) is 24.3 Å². The minimum absolute atomic E-state index is 0.390. The fraction of sp³-hybridized carbons (Fsp3) is 0.385. The Balaban J connectivity index is 2.60. The summed E-state index contributed by atoms with van der Waals surface area (Å²) in [7, 11) is 1.53. The van der Waals surface area contributed by atoms with E-state index in [1.54, 1.807) is 24.3 Å². The van der Waals surface area contributed by atoms with Gasteiger partial charge in [0, 0.05) is 11.8 Å². The zero-order chi connectivity index (χ0) is 14.3. The number of hydrogen-bond donors (Lipinski definition) is 3. The molecule has 3 N–H and O–H groups in total. The zero-order valence-electron chi connectivity index (χ0n) is 11.0. The first-order valence-corrected chi connectivity index (χ1v) is 6.01. The molecule has 2 amide bonds. The molecule has 6 heteroatoms. The van der Waals surface area contributed by atoms with Crippen molar-refractivity contribution in [1.29, 1.82) is 0 Å². The largest absolute Gasteiger partial charge is 0.497 e. The van der Waals surface area contributed by atoms with Crippen LogP contribution < -0.4 is 15.4 Å². The third kappa shape index (κ3) is 4.87. The third-order valence-electron chi connectivity index (χ3n) is 2.51. The number of methoxy groups -OCH3 is 1. The van der Waals surface area contributed by atoms with Gasteiger partial charge < -0.3 is 20.5 Å². The standard InChI is InChI=1S/C13H18N2O4/c1-3-5-11(12(16)17)15-13(18)14-9-6-4-7-10(8-9)19-2/h4,6-8,11H,3,5H2,1-2H3,(H,16,17)(H2,14,15,18)/t11-/m0/s1. The minimum Gasteiger partial charge on any atom is -0.497 e. The van der Waals surface area contributed by atoms with Gasteiger partial charge in [-0.15, -0.1) is 0 Å². The highest BCUT2D eigenvalue weighted by atomic mass is 16.5. The molecule has 6 nitrogen and oxygen atoms in total. The molecule has 0 unspecified atom stereocenters. The molecule has 1 atom stereocenters. The average molecular weight is 266 g/mol. The van der Waals surface area contributed by atoms with Crippen LogP contribution >= 0.6 is 0 Å². The number of urea groups is 1. The first kappa shape index (κ1) is 14.8. The Morgan fingerprint density at radius 3 is 2.74 bits per heavy atom. The molecule has 19 heavy (non-hydrogen) atoms. The number of ether oxygens (including phenoxy) is 1. The summed E-state index contributed by atoms with van der Waals surface area (Å²) < 4.78 is 5.03. The van der Waals surface area contributed by atoms with Gasteiger partial charge in [0.25, 0.3) is 0 Å². The van der Waals surface area contributed by atoms with Gasteiger partial charge in [-0.3, -0.25) is 0 Å². The average Bonchev–Trinajstić information content (AvgIpc) is 2.38. The molecule has 0 aliphatic rings. The normalized spacial score (nSPS) is 11.5. The van der Waals surface area contributed by atoms with Crippen LogP contribution in [0.25, 0.3) is 0 Å². The topological polar surface area (TPSA) is 87.7 Å². The van der Waals surface area contributed by atoms with E-state index in [0.29, 0.717) is 24.3 Å². The molecule has 0 heterocycles. The number of benzene rings is 1. The van der Waals surface area contributed by atoms with Gasteiger partial charge in [-0.05, 0) is 18.6 Å². The lowest BCUT2D eigenvalue weighted by Gasteiger charge is -2.14. The molecule has 0 fully saturated rings. The highest BCUT2D eigenvalue weighted by molar-refractivity contribution is 5.92. The zero-order valence-corrected chi connectivity index (χ0v) is 11.0. The van der Waals surface area contributed by atoms with Crippen LogP contribution in [0, 0.1) is 0 Å². The van der Waals surface area contributed by atoms with Gasteiger partial charge in [-0.25, -0.2) is 9.59 Å². The van der Waals surface area contributed by atoms with Crippen LogP contribution in [0.3, 0.4) is 0 Å². The van der Waals surface area contributed by atoms with E-state index in [-0.39, 0.29) is 0 Å².